The van der Waals surface area contributed by atoms with Crippen LogP contribution in [0, 0.1) is 0 Å². The molecule has 0 saturated carbocycles. The van der Waals surface area contributed by atoms with E-state index in [1.807, 2.05) is 0 Å². The predicted molar refractivity (Wildman–Crippen MR) is 123 cm³/mol. The zero-order chi connectivity index (χ0) is 24.8. The number of urea groups is 1. The zero-order valence-corrected chi connectivity index (χ0v) is 21.6. The van der Waals surface area contributed by atoms with Crippen molar-refractivity contribution in [2.75, 3.05) is 10.6 Å². The zero-order valence-electron chi connectivity index (χ0n) is 17.9. The molecule has 0 radical (unpaired) electrons. The van der Waals surface area contributed by atoms with Gasteiger partial charge in [0, 0.05) is 34.3 Å². The van der Waals surface area contributed by atoms with Crippen LogP contribution in [-0.2, 0) is 20.2 Å². The topological polar surface area (TPSA) is 190 Å². The number of phenols is 2. The largest absolute Gasteiger partial charge is 1.00 e. The summed E-state index contributed by atoms with van der Waals surface area (Å²) >= 11 is 0. The molecule has 4 rings (SSSR count). The van der Waals surface area contributed by atoms with E-state index in [1.165, 1.54) is 36.4 Å². The molecule has 0 saturated heterocycles. The molecule has 0 spiro atoms. The Labute approximate surface area is 221 Å². The maximum absolute atomic E-state index is 12.4. The Balaban J connectivity index is 0.00000342. The standard InChI is InChI=1S/C21H16N2O9S2.Na/c24-19-9-15(33(27,28)29)7-11-5-13(1-3-17(11)19)22-21(26)23-14-2-4-18-12(6-14)8-16(10-20(18)25)34(30,31)32;/h1-10,24-25H,(H2,22,23,26)(H,27,28,29)(H,30,31,32);/q;+1. The minimum Gasteiger partial charge on any atom is -0.507 e. The summed E-state index contributed by atoms with van der Waals surface area (Å²) in [6, 6.07) is 12.0. The van der Waals surface area contributed by atoms with Gasteiger partial charge in [-0.3, -0.25) is 9.11 Å². The van der Waals surface area contributed by atoms with E-state index in [0.717, 1.165) is 24.3 Å². The molecule has 11 nitrogen and oxygen atoms in total. The molecule has 0 fully saturated rings. The molecule has 14 heteroatoms. The number of hydrogen-bond acceptors (Lipinski definition) is 7. The number of hydrogen-bond donors (Lipinski definition) is 6. The van der Waals surface area contributed by atoms with Crippen molar-refractivity contribution in [2.24, 2.45) is 0 Å². The van der Waals surface area contributed by atoms with E-state index in [-0.39, 0.29) is 63.2 Å². The number of fused-ring (bicyclic) bond motifs is 2. The second-order valence-electron chi connectivity index (χ2n) is 7.29. The summed E-state index contributed by atoms with van der Waals surface area (Å²) in [5.74, 6) is -0.741. The van der Waals surface area contributed by atoms with Gasteiger partial charge in [-0.15, -0.1) is 0 Å². The van der Waals surface area contributed by atoms with Gasteiger partial charge < -0.3 is 20.8 Å². The Morgan fingerprint density at radius 1 is 0.629 bits per heavy atom. The summed E-state index contributed by atoms with van der Waals surface area (Å²) in [6.07, 6.45) is 0. The minimum atomic E-state index is -4.56. The quantitative estimate of drug-likeness (QED) is 0.162. The van der Waals surface area contributed by atoms with Crippen molar-refractivity contribution in [3.05, 3.63) is 60.7 Å². The maximum atomic E-state index is 12.4. The molecule has 4 aromatic rings. The van der Waals surface area contributed by atoms with E-state index < -0.39 is 36.1 Å². The third-order valence-electron chi connectivity index (χ3n) is 4.92. The van der Waals surface area contributed by atoms with Gasteiger partial charge in [-0.05, 0) is 59.3 Å². The monoisotopic (exact) mass is 527 g/mol. The Morgan fingerprint density at radius 2 is 1.00 bits per heavy atom. The average Bonchev–Trinajstić information content (AvgIpc) is 2.71. The Kier molecular flexibility index (Phi) is 7.34. The van der Waals surface area contributed by atoms with Crippen LogP contribution in [0.2, 0.25) is 0 Å². The van der Waals surface area contributed by atoms with Crippen LogP contribution >= 0.6 is 0 Å². The molecular weight excluding hydrogens is 511 g/mol. The van der Waals surface area contributed by atoms with Crippen molar-refractivity contribution >= 4 is 59.2 Å². The van der Waals surface area contributed by atoms with E-state index in [4.69, 9.17) is 0 Å². The molecule has 6 N–H and O–H groups in total. The molecular formula is C21H16N2NaO9S2+. The van der Waals surface area contributed by atoms with Gasteiger partial charge in [0.05, 0.1) is 9.79 Å². The number of benzene rings is 4. The second-order valence-corrected chi connectivity index (χ2v) is 10.1. The summed E-state index contributed by atoms with van der Waals surface area (Å²) in [6.45, 7) is 0. The average molecular weight is 527 g/mol. The third-order valence-corrected chi connectivity index (χ3v) is 6.58. The van der Waals surface area contributed by atoms with Gasteiger partial charge in [0.1, 0.15) is 11.5 Å². The van der Waals surface area contributed by atoms with Crippen molar-refractivity contribution in [1.29, 1.82) is 0 Å². The van der Waals surface area contributed by atoms with Crippen molar-refractivity contribution in [1.82, 2.24) is 0 Å². The number of amides is 2. The third kappa shape index (κ3) is 5.85. The van der Waals surface area contributed by atoms with Crippen LogP contribution in [-0.4, -0.2) is 42.2 Å². The fourth-order valence-electron chi connectivity index (χ4n) is 3.39. The molecule has 0 bridgehead atoms. The normalized spacial score (nSPS) is 11.7. The number of carbonyl (C=O) groups is 1. The first kappa shape index (κ1) is 26.7. The molecule has 0 unspecified atom stereocenters. The van der Waals surface area contributed by atoms with Crippen LogP contribution < -0.4 is 40.2 Å². The molecule has 0 aliphatic rings. The number of carbonyl (C=O) groups excluding carboxylic acids is 1. The van der Waals surface area contributed by atoms with Crippen molar-refractivity contribution < 1.29 is 70.5 Å². The van der Waals surface area contributed by atoms with Crippen molar-refractivity contribution in [2.45, 2.75) is 9.79 Å². The van der Waals surface area contributed by atoms with Crippen molar-refractivity contribution in [3.8, 4) is 11.5 Å². The summed E-state index contributed by atoms with van der Waals surface area (Å²) in [4.78, 5) is 11.4. The Hall–Kier alpha value is -2.91. The van der Waals surface area contributed by atoms with E-state index in [1.54, 1.807) is 0 Å². The Morgan fingerprint density at radius 3 is 1.34 bits per heavy atom. The van der Waals surface area contributed by atoms with Gasteiger partial charge in [0.15, 0.2) is 0 Å². The minimum absolute atomic E-state index is 0. The first-order valence-electron chi connectivity index (χ1n) is 9.38. The van der Waals surface area contributed by atoms with Gasteiger partial charge >= 0.3 is 35.6 Å². The molecule has 0 heterocycles. The van der Waals surface area contributed by atoms with Crippen LogP contribution in [0.1, 0.15) is 0 Å². The van der Waals surface area contributed by atoms with E-state index >= 15 is 0 Å². The fourth-order valence-corrected chi connectivity index (χ4v) is 4.47. The Bertz CT molecular complexity index is 1580. The number of nitrogens with one attached hydrogen (secondary N) is 2. The first-order valence-corrected chi connectivity index (χ1v) is 12.3. The van der Waals surface area contributed by atoms with Crippen molar-refractivity contribution in [3.63, 3.8) is 0 Å². The molecule has 4 aromatic carbocycles. The van der Waals surface area contributed by atoms with Crippen LogP contribution in [0.3, 0.4) is 0 Å². The molecule has 0 aliphatic carbocycles. The van der Waals surface area contributed by atoms with Crippen LogP contribution in [0.25, 0.3) is 21.5 Å². The fraction of sp³-hybridized carbons (Fsp3) is 0. The molecule has 0 aliphatic heterocycles. The van der Waals surface area contributed by atoms with E-state index in [9.17, 15) is 40.9 Å². The van der Waals surface area contributed by atoms with Gasteiger partial charge in [0.25, 0.3) is 20.2 Å². The summed E-state index contributed by atoms with van der Waals surface area (Å²) < 4.78 is 64.0. The number of anilines is 2. The molecule has 0 atom stereocenters. The van der Waals surface area contributed by atoms with E-state index in [0.29, 0.717) is 10.8 Å². The van der Waals surface area contributed by atoms with Crippen LogP contribution in [0.15, 0.2) is 70.5 Å². The smallest absolute Gasteiger partial charge is 0.507 e. The van der Waals surface area contributed by atoms with Gasteiger partial charge in [-0.25, -0.2) is 4.79 Å². The summed E-state index contributed by atoms with van der Waals surface area (Å²) in [5, 5.41) is 26.1. The summed E-state index contributed by atoms with van der Waals surface area (Å²) in [7, 11) is -9.12. The molecule has 2 amide bonds. The molecule has 176 valence electrons. The second kappa shape index (κ2) is 9.62. The van der Waals surface area contributed by atoms with Crippen LogP contribution in [0.4, 0.5) is 16.2 Å². The number of phenolic OH excluding ortho intramolecular Hbond substituents is 2. The number of rotatable bonds is 4. The van der Waals surface area contributed by atoms with Gasteiger partial charge in [-0.2, -0.15) is 16.8 Å². The summed E-state index contributed by atoms with van der Waals surface area (Å²) in [5.41, 5.74) is 0.480. The molecule has 35 heavy (non-hydrogen) atoms. The van der Waals surface area contributed by atoms with Crippen LogP contribution in [0.5, 0.6) is 11.5 Å². The van der Waals surface area contributed by atoms with Gasteiger partial charge in [-0.1, -0.05) is 0 Å². The number of aromatic hydroxyl groups is 2. The SMILES string of the molecule is O=C(Nc1ccc2c(O)cc(S(=O)(=O)O)cc2c1)Nc1ccc2c(O)cc(S(=O)(=O)O)cc2c1.[Na+]. The van der Waals surface area contributed by atoms with E-state index in [2.05, 4.69) is 10.6 Å². The van der Waals surface area contributed by atoms with Gasteiger partial charge in [0.2, 0.25) is 0 Å². The maximum Gasteiger partial charge on any atom is 1.00 e. The first-order chi connectivity index (χ1) is 15.8. The predicted octanol–water partition coefficient (Wildman–Crippen LogP) is 0.546. The molecule has 0 aromatic heterocycles.